The van der Waals surface area contributed by atoms with Crippen molar-refractivity contribution >= 4 is 0 Å². The number of benzene rings is 1. The second kappa shape index (κ2) is 17.2. The molecular formula is C29H50N2. The van der Waals surface area contributed by atoms with Gasteiger partial charge in [0.05, 0.1) is 0 Å². The third-order valence-corrected chi connectivity index (χ3v) is 6.81. The Morgan fingerprint density at radius 2 is 1.03 bits per heavy atom. The number of unbranched alkanes of at least 4 members (excludes halogenated alkanes) is 16. The van der Waals surface area contributed by atoms with E-state index in [1.54, 1.807) is 0 Å². The van der Waals surface area contributed by atoms with Gasteiger partial charge in [0.2, 0.25) is 0 Å². The van der Waals surface area contributed by atoms with Gasteiger partial charge in [0.1, 0.15) is 6.17 Å². The number of rotatable bonds is 19. The first-order valence-corrected chi connectivity index (χ1v) is 13.5. The minimum absolute atomic E-state index is 0.377. The molecule has 2 rings (SSSR count). The van der Waals surface area contributed by atoms with E-state index >= 15 is 0 Å². The maximum atomic E-state index is 2.50. The van der Waals surface area contributed by atoms with Crippen molar-refractivity contribution < 1.29 is 0 Å². The Morgan fingerprint density at radius 1 is 0.581 bits per heavy atom. The van der Waals surface area contributed by atoms with Gasteiger partial charge in [-0.15, -0.1) is 0 Å². The van der Waals surface area contributed by atoms with Gasteiger partial charge in [0.25, 0.3) is 0 Å². The van der Waals surface area contributed by atoms with Crippen molar-refractivity contribution in [3.8, 4) is 0 Å². The van der Waals surface area contributed by atoms with Crippen LogP contribution in [0.1, 0.15) is 128 Å². The smallest absolute Gasteiger partial charge is 0.127 e. The van der Waals surface area contributed by atoms with Crippen molar-refractivity contribution in [3.63, 3.8) is 0 Å². The van der Waals surface area contributed by atoms with Gasteiger partial charge >= 0.3 is 0 Å². The SMILES string of the molecule is CCCCCCCCCCCCCCCCCCCN1C=CN(C)C1c1ccccc1. The summed E-state index contributed by atoms with van der Waals surface area (Å²) in [5.74, 6) is 0. The van der Waals surface area contributed by atoms with Crippen LogP contribution in [0.3, 0.4) is 0 Å². The monoisotopic (exact) mass is 426 g/mol. The van der Waals surface area contributed by atoms with Crippen LogP contribution in [-0.4, -0.2) is 23.4 Å². The van der Waals surface area contributed by atoms with Crippen molar-refractivity contribution in [1.82, 2.24) is 9.80 Å². The van der Waals surface area contributed by atoms with Crippen molar-refractivity contribution in [2.75, 3.05) is 13.6 Å². The lowest BCUT2D eigenvalue weighted by atomic mass is 10.0. The highest BCUT2D eigenvalue weighted by atomic mass is 15.4. The highest BCUT2D eigenvalue weighted by Gasteiger charge is 2.24. The van der Waals surface area contributed by atoms with Gasteiger partial charge in [0.15, 0.2) is 0 Å². The van der Waals surface area contributed by atoms with Crippen LogP contribution < -0.4 is 0 Å². The van der Waals surface area contributed by atoms with Gasteiger partial charge in [0, 0.05) is 26.0 Å². The van der Waals surface area contributed by atoms with Gasteiger partial charge in [-0.1, -0.05) is 140 Å². The molecule has 1 unspecified atom stereocenters. The molecule has 1 aromatic carbocycles. The van der Waals surface area contributed by atoms with E-state index in [-0.39, 0.29) is 0 Å². The van der Waals surface area contributed by atoms with Crippen molar-refractivity contribution in [2.45, 2.75) is 122 Å². The van der Waals surface area contributed by atoms with Crippen molar-refractivity contribution in [3.05, 3.63) is 48.3 Å². The molecule has 1 aliphatic rings. The zero-order chi connectivity index (χ0) is 22.0. The molecule has 0 fully saturated rings. The second-order valence-corrected chi connectivity index (χ2v) is 9.64. The lowest BCUT2D eigenvalue weighted by Crippen LogP contribution is -2.29. The molecular weight excluding hydrogens is 376 g/mol. The van der Waals surface area contributed by atoms with Crippen LogP contribution in [0.4, 0.5) is 0 Å². The predicted molar refractivity (Wildman–Crippen MR) is 137 cm³/mol. The fourth-order valence-electron chi connectivity index (χ4n) is 4.86. The Kier molecular flexibility index (Phi) is 14.3. The van der Waals surface area contributed by atoms with Crippen LogP contribution in [0.5, 0.6) is 0 Å². The van der Waals surface area contributed by atoms with Crippen LogP contribution in [0.25, 0.3) is 0 Å². The molecule has 0 N–H and O–H groups in total. The maximum Gasteiger partial charge on any atom is 0.127 e. The maximum absolute atomic E-state index is 2.50. The third kappa shape index (κ3) is 11.1. The van der Waals surface area contributed by atoms with Gasteiger partial charge in [-0.25, -0.2) is 0 Å². The lowest BCUT2D eigenvalue weighted by molar-refractivity contribution is 0.176. The van der Waals surface area contributed by atoms with E-state index in [4.69, 9.17) is 0 Å². The van der Waals surface area contributed by atoms with Crippen molar-refractivity contribution in [1.29, 1.82) is 0 Å². The highest BCUT2D eigenvalue weighted by molar-refractivity contribution is 5.21. The van der Waals surface area contributed by atoms with Crippen LogP contribution >= 0.6 is 0 Å². The number of hydrogen-bond donors (Lipinski definition) is 0. The first kappa shape index (κ1) is 25.8. The van der Waals surface area contributed by atoms with E-state index in [2.05, 4.69) is 66.5 Å². The van der Waals surface area contributed by atoms with Crippen LogP contribution in [0.15, 0.2) is 42.7 Å². The lowest BCUT2D eigenvalue weighted by Gasteiger charge is -2.31. The molecule has 0 saturated heterocycles. The van der Waals surface area contributed by atoms with E-state index in [1.165, 1.54) is 121 Å². The molecule has 176 valence electrons. The normalized spacial score (nSPS) is 15.9. The molecule has 2 heteroatoms. The molecule has 1 aliphatic heterocycles. The summed E-state index contributed by atoms with van der Waals surface area (Å²) < 4.78 is 0. The Hall–Kier alpha value is -1.44. The van der Waals surface area contributed by atoms with Crippen LogP contribution in [-0.2, 0) is 0 Å². The first-order chi connectivity index (χ1) is 15.3. The fourth-order valence-corrected chi connectivity index (χ4v) is 4.86. The Bertz CT molecular complexity index is 553. The van der Waals surface area contributed by atoms with Crippen LogP contribution in [0.2, 0.25) is 0 Å². The Morgan fingerprint density at radius 3 is 1.52 bits per heavy atom. The van der Waals surface area contributed by atoms with Crippen molar-refractivity contribution in [2.24, 2.45) is 0 Å². The summed E-state index contributed by atoms with van der Waals surface area (Å²) >= 11 is 0. The summed E-state index contributed by atoms with van der Waals surface area (Å²) in [6.45, 7) is 3.46. The molecule has 0 aliphatic carbocycles. The van der Waals surface area contributed by atoms with Gasteiger partial charge in [-0.05, 0) is 12.0 Å². The minimum atomic E-state index is 0.377. The van der Waals surface area contributed by atoms with E-state index in [1.807, 2.05) is 0 Å². The molecule has 0 radical (unpaired) electrons. The van der Waals surface area contributed by atoms with Gasteiger partial charge in [-0.3, -0.25) is 0 Å². The molecule has 31 heavy (non-hydrogen) atoms. The average molecular weight is 427 g/mol. The number of hydrogen-bond acceptors (Lipinski definition) is 2. The molecule has 0 saturated carbocycles. The molecule has 0 spiro atoms. The van der Waals surface area contributed by atoms with E-state index in [9.17, 15) is 0 Å². The largest absolute Gasteiger partial charge is 0.355 e. The average Bonchev–Trinajstić information content (AvgIpc) is 3.16. The molecule has 1 atom stereocenters. The van der Waals surface area contributed by atoms with E-state index in [0.717, 1.165) is 0 Å². The molecule has 2 nitrogen and oxygen atoms in total. The topological polar surface area (TPSA) is 6.48 Å². The highest BCUT2D eigenvalue weighted by Crippen LogP contribution is 2.29. The van der Waals surface area contributed by atoms with Crippen LogP contribution in [0, 0.1) is 0 Å². The zero-order valence-electron chi connectivity index (χ0n) is 20.7. The van der Waals surface area contributed by atoms with E-state index < -0.39 is 0 Å². The van der Waals surface area contributed by atoms with Gasteiger partial charge in [-0.2, -0.15) is 0 Å². The fraction of sp³-hybridized carbons (Fsp3) is 0.724. The summed E-state index contributed by atoms with van der Waals surface area (Å²) in [7, 11) is 2.18. The molecule has 0 aromatic heterocycles. The summed E-state index contributed by atoms with van der Waals surface area (Å²) in [5, 5.41) is 0. The Labute approximate surface area is 194 Å². The molecule has 1 aromatic rings. The zero-order valence-corrected chi connectivity index (χ0v) is 20.7. The Balaban J connectivity index is 1.37. The molecule has 0 amide bonds. The molecule has 1 heterocycles. The van der Waals surface area contributed by atoms with E-state index in [0.29, 0.717) is 6.17 Å². The molecule has 0 bridgehead atoms. The number of nitrogens with zero attached hydrogens (tertiary/aromatic N) is 2. The first-order valence-electron chi connectivity index (χ1n) is 13.5. The summed E-state index contributed by atoms with van der Waals surface area (Å²) in [5.41, 5.74) is 1.39. The quantitative estimate of drug-likeness (QED) is 0.203. The van der Waals surface area contributed by atoms with Gasteiger partial charge < -0.3 is 9.80 Å². The summed E-state index contributed by atoms with van der Waals surface area (Å²) in [6.07, 6.45) is 29.2. The minimum Gasteiger partial charge on any atom is -0.355 e. The predicted octanol–water partition coefficient (Wildman–Crippen LogP) is 9.06. The third-order valence-electron chi connectivity index (χ3n) is 6.81. The standard InChI is InChI=1S/C29H50N2/c1-3-4-5-6-7-8-9-10-11-12-13-14-15-16-17-18-22-25-31-27-26-30(2)29(31)28-23-20-19-21-24-28/h19-21,23-24,26-27,29H,3-18,22,25H2,1-2H3. The second-order valence-electron chi connectivity index (χ2n) is 9.64. The summed E-state index contributed by atoms with van der Waals surface area (Å²) in [6, 6.07) is 10.9. The summed E-state index contributed by atoms with van der Waals surface area (Å²) in [4.78, 5) is 4.82.